The van der Waals surface area contributed by atoms with Gasteiger partial charge in [-0.05, 0) is 60.9 Å². The fourth-order valence-electron chi connectivity index (χ4n) is 5.24. The molecule has 0 spiro atoms. The summed E-state index contributed by atoms with van der Waals surface area (Å²) in [5.74, 6) is -0.299. The van der Waals surface area contributed by atoms with E-state index in [2.05, 4.69) is 5.32 Å². The quantitative estimate of drug-likeness (QED) is 0.124. The molecular weight excluding hydrogens is 685 g/mol. The van der Waals surface area contributed by atoms with Gasteiger partial charge in [0.1, 0.15) is 12.6 Å². The molecule has 2 amide bonds. The maximum absolute atomic E-state index is 14.7. The zero-order valence-corrected chi connectivity index (χ0v) is 30.3. The highest BCUT2D eigenvalue weighted by Crippen LogP contribution is 2.34. The smallest absolute Gasteiger partial charge is 0.264 e. The molecule has 0 aliphatic rings. The first-order chi connectivity index (χ1) is 23.5. The summed E-state index contributed by atoms with van der Waals surface area (Å²) in [5.41, 5.74) is 2.49. The Morgan fingerprint density at radius 1 is 0.837 bits per heavy atom. The van der Waals surface area contributed by atoms with E-state index in [1.54, 1.807) is 42.5 Å². The fourth-order valence-corrected chi connectivity index (χ4v) is 6.97. The lowest BCUT2D eigenvalue weighted by molar-refractivity contribution is -0.140. The molecular formula is C37H41Cl2N3O6S. The number of nitrogens with zero attached hydrogens (tertiary/aromatic N) is 2. The van der Waals surface area contributed by atoms with Crippen LogP contribution in [0.3, 0.4) is 0 Å². The zero-order valence-electron chi connectivity index (χ0n) is 28.0. The Kier molecular flexibility index (Phi) is 13.4. The molecule has 4 aromatic carbocycles. The van der Waals surface area contributed by atoms with Crippen molar-refractivity contribution in [1.29, 1.82) is 0 Å². The second-order valence-corrected chi connectivity index (χ2v) is 14.2. The van der Waals surface area contributed by atoms with Crippen LogP contribution in [0.15, 0.2) is 95.9 Å². The fraction of sp³-hybridized carbons (Fsp3) is 0.297. The topological polar surface area (TPSA) is 105 Å². The number of unbranched alkanes of at least 4 members (excludes halogenated alkanes) is 1. The van der Waals surface area contributed by atoms with Gasteiger partial charge in [-0.2, -0.15) is 0 Å². The van der Waals surface area contributed by atoms with Gasteiger partial charge in [-0.3, -0.25) is 13.9 Å². The summed E-state index contributed by atoms with van der Waals surface area (Å²) in [7, 11) is -1.39. The number of rotatable bonds is 16. The van der Waals surface area contributed by atoms with Crippen LogP contribution in [0.2, 0.25) is 10.0 Å². The molecule has 4 rings (SSSR count). The third-order valence-electron chi connectivity index (χ3n) is 7.98. The second-order valence-electron chi connectivity index (χ2n) is 11.5. The molecule has 0 aromatic heterocycles. The number of carbonyl (C=O) groups is 2. The third-order valence-corrected chi connectivity index (χ3v) is 10.5. The van der Waals surface area contributed by atoms with Gasteiger partial charge >= 0.3 is 0 Å². The summed E-state index contributed by atoms with van der Waals surface area (Å²) in [4.78, 5) is 30.0. The van der Waals surface area contributed by atoms with E-state index in [0.29, 0.717) is 22.9 Å². The Labute approximate surface area is 298 Å². The summed E-state index contributed by atoms with van der Waals surface area (Å²) < 4.78 is 40.6. The Balaban J connectivity index is 1.84. The van der Waals surface area contributed by atoms with Crippen LogP contribution in [-0.2, 0) is 32.6 Å². The van der Waals surface area contributed by atoms with E-state index < -0.39 is 28.5 Å². The number of methoxy groups -OCH3 is 2. The standard InChI is InChI=1S/C37H41Cl2N3O6S/c1-5-6-20-40-37(44)33(22-27-10-8-7-9-11-27)41(24-28-14-18-31(38)32(39)21-28)36(43)25-42(29-15-19-34(47-3)35(23-29)48-4)49(45,46)30-16-12-26(2)13-17-30/h7-19,21,23,33H,5-6,20,22,24-25H2,1-4H3,(H,40,44). The van der Waals surface area contributed by atoms with Crippen molar-refractivity contribution < 1.29 is 27.5 Å². The molecule has 0 aliphatic carbocycles. The highest BCUT2D eigenvalue weighted by atomic mass is 35.5. The van der Waals surface area contributed by atoms with E-state index in [1.165, 1.54) is 37.3 Å². The Morgan fingerprint density at radius 3 is 2.16 bits per heavy atom. The lowest BCUT2D eigenvalue weighted by Gasteiger charge is -2.34. The van der Waals surface area contributed by atoms with Gasteiger partial charge in [-0.1, -0.05) is 90.6 Å². The van der Waals surface area contributed by atoms with Gasteiger partial charge in [0.05, 0.1) is 34.8 Å². The van der Waals surface area contributed by atoms with Crippen LogP contribution in [0.4, 0.5) is 5.69 Å². The van der Waals surface area contributed by atoms with E-state index >= 15 is 0 Å². The average Bonchev–Trinajstić information content (AvgIpc) is 3.10. The number of nitrogens with one attached hydrogen (secondary N) is 1. The van der Waals surface area contributed by atoms with Gasteiger partial charge in [-0.15, -0.1) is 0 Å². The Bertz CT molecular complexity index is 1840. The minimum Gasteiger partial charge on any atom is -0.493 e. The number of benzene rings is 4. The normalized spacial score (nSPS) is 11.8. The number of aryl methyl sites for hydroxylation is 1. The van der Waals surface area contributed by atoms with Gasteiger partial charge in [0.2, 0.25) is 11.8 Å². The van der Waals surface area contributed by atoms with E-state index in [4.69, 9.17) is 32.7 Å². The molecule has 12 heteroatoms. The number of anilines is 1. The van der Waals surface area contributed by atoms with Crippen molar-refractivity contribution in [3.63, 3.8) is 0 Å². The first kappa shape index (κ1) is 37.6. The van der Waals surface area contributed by atoms with E-state index in [1.807, 2.05) is 44.2 Å². The molecule has 4 aromatic rings. The monoisotopic (exact) mass is 725 g/mol. The first-order valence-corrected chi connectivity index (χ1v) is 18.0. The van der Waals surface area contributed by atoms with Gasteiger partial charge in [-0.25, -0.2) is 8.42 Å². The second kappa shape index (κ2) is 17.4. The maximum atomic E-state index is 14.7. The molecule has 0 radical (unpaired) electrons. The number of sulfonamides is 1. The molecule has 0 saturated heterocycles. The molecule has 0 saturated carbocycles. The lowest BCUT2D eigenvalue weighted by Crippen LogP contribution is -2.53. The molecule has 0 heterocycles. The SMILES string of the molecule is CCCCNC(=O)C(Cc1ccccc1)N(Cc1ccc(Cl)c(Cl)c1)C(=O)CN(c1ccc(OC)c(OC)c1)S(=O)(=O)c1ccc(C)cc1. The van der Waals surface area contributed by atoms with Crippen LogP contribution in [0.5, 0.6) is 11.5 Å². The zero-order chi connectivity index (χ0) is 35.6. The Morgan fingerprint density at radius 2 is 1.53 bits per heavy atom. The summed E-state index contributed by atoms with van der Waals surface area (Å²) in [5, 5.41) is 3.60. The number of hydrogen-bond donors (Lipinski definition) is 1. The number of halogens is 2. The van der Waals surface area contributed by atoms with Gasteiger partial charge in [0.15, 0.2) is 11.5 Å². The molecule has 49 heavy (non-hydrogen) atoms. The molecule has 0 fully saturated rings. The van der Waals surface area contributed by atoms with Crippen LogP contribution >= 0.6 is 23.2 Å². The van der Waals surface area contributed by atoms with Crippen molar-refractivity contribution >= 4 is 50.7 Å². The van der Waals surface area contributed by atoms with Crippen LogP contribution in [0, 0.1) is 6.92 Å². The maximum Gasteiger partial charge on any atom is 0.264 e. The van der Waals surface area contributed by atoms with Crippen LogP contribution in [-0.4, -0.2) is 58.5 Å². The Hall–Kier alpha value is -4.25. The van der Waals surface area contributed by atoms with Crippen molar-refractivity contribution in [2.45, 2.75) is 50.6 Å². The molecule has 9 nitrogen and oxygen atoms in total. The molecule has 0 bridgehead atoms. The number of carbonyl (C=O) groups excluding carboxylic acids is 2. The highest BCUT2D eigenvalue weighted by molar-refractivity contribution is 7.92. The molecule has 1 N–H and O–H groups in total. The number of ether oxygens (including phenoxy) is 2. The lowest BCUT2D eigenvalue weighted by atomic mass is 10.0. The van der Waals surface area contributed by atoms with Crippen LogP contribution < -0.4 is 19.1 Å². The van der Waals surface area contributed by atoms with Crippen LogP contribution in [0.25, 0.3) is 0 Å². The van der Waals surface area contributed by atoms with E-state index in [9.17, 15) is 18.0 Å². The van der Waals surface area contributed by atoms with Crippen molar-refractivity contribution in [3.8, 4) is 11.5 Å². The average molecular weight is 727 g/mol. The highest BCUT2D eigenvalue weighted by Gasteiger charge is 2.35. The van der Waals surface area contributed by atoms with Crippen molar-refractivity contribution in [3.05, 3.63) is 118 Å². The van der Waals surface area contributed by atoms with E-state index in [0.717, 1.165) is 28.3 Å². The molecule has 260 valence electrons. The molecule has 0 aliphatic heterocycles. The number of hydrogen-bond acceptors (Lipinski definition) is 6. The van der Waals surface area contributed by atoms with Crippen molar-refractivity contribution in [2.24, 2.45) is 0 Å². The van der Waals surface area contributed by atoms with Gasteiger partial charge in [0, 0.05) is 25.6 Å². The number of amides is 2. The largest absolute Gasteiger partial charge is 0.493 e. The predicted octanol–water partition coefficient (Wildman–Crippen LogP) is 7.07. The van der Waals surface area contributed by atoms with Crippen molar-refractivity contribution in [2.75, 3.05) is 31.6 Å². The predicted molar refractivity (Wildman–Crippen MR) is 194 cm³/mol. The minimum atomic E-state index is -4.30. The summed E-state index contributed by atoms with van der Waals surface area (Å²) in [6.07, 6.45) is 1.81. The summed E-state index contributed by atoms with van der Waals surface area (Å²) >= 11 is 12.6. The first-order valence-electron chi connectivity index (χ1n) is 15.8. The summed E-state index contributed by atoms with van der Waals surface area (Å²) in [6.45, 7) is 3.63. The summed E-state index contributed by atoms with van der Waals surface area (Å²) in [6, 6.07) is 24.3. The third kappa shape index (κ3) is 9.68. The van der Waals surface area contributed by atoms with Gasteiger partial charge in [0.25, 0.3) is 10.0 Å². The van der Waals surface area contributed by atoms with Crippen LogP contribution in [0.1, 0.15) is 36.5 Å². The molecule has 1 unspecified atom stereocenters. The van der Waals surface area contributed by atoms with Gasteiger partial charge < -0.3 is 19.7 Å². The molecule has 1 atom stereocenters. The minimum absolute atomic E-state index is 0.00476. The van der Waals surface area contributed by atoms with Crippen molar-refractivity contribution in [1.82, 2.24) is 10.2 Å². The van der Waals surface area contributed by atoms with E-state index in [-0.39, 0.29) is 40.2 Å².